The lowest BCUT2D eigenvalue weighted by Crippen LogP contribution is -2.43. The molecule has 0 fully saturated rings. The fraction of sp³-hybridized carbons (Fsp3) is 0.524. The number of esters is 1. The third-order valence-corrected chi connectivity index (χ3v) is 4.51. The molecule has 2 rings (SSSR count). The van der Waals surface area contributed by atoms with Crippen LogP contribution in [0.4, 0.5) is 0 Å². The molecule has 5 nitrogen and oxygen atoms in total. The van der Waals surface area contributed by atoms with E-state index in [1.807, 2.05) is 30.5 Å². The monoisotopic (exact) mass is 358 g/mol. The summed E-state index contributed by atoms with van der Waals surface area (Å²) in [4.78, 5) is 27.8. The Morgan fingerprint density at radius 1 is 1.12 bits per heavy atom. The summed E-state index contributed by atoms with van der Waals surface area (Å²) < 4.78 is 5.16. The lowest BCUT2D eigenvalue weighted by molar-refractivity contribution is -0.147. The van der Waals surface area contributed by atoms with Gasteiger partial charge in [-0.3, -0.25) is 4.79 Å². The number of aromatic nitrogens is 1. The molecule has 0 aliphatic heterocycles. The highest BCUT2D eigenvalue weighted by atomic mass is 16.5. The van der Waals surface area contributed by atoms with Gasteiger partial charge in [-0.1, -0.05) is 50.8 Å². The Kier molecular flexibility index (Phi) is 8.19. The molecule has 142 valence electrons. The molecular formula is C21H30N2O3. The average Bonchev–Trinajstić information content (AvgIpc) is 3.04. The number of nitrogens with one attached hydrogen (secondary N) is 2. The van der Waals surface area contributed by atoms with Crippen LogP contribution in [0.5, 0.6) is 0 Å². The third-order valence-electron chi connectivity index (χ3n) is 4.51. The highest BCUT2D eigenvalue weighted by Crippen LogP contribution is 2.19. The number of amides is 1. The molecule has 1 aromatic heterocycles. The van der Waals surface area contributed by atoms with Gasteiger partial charge >= 0.3 is 5.97 Å². The van der Waals surface area contributed by atoms with Gasteiger partial charge in [0.15, 0.2) is 0 Å². The summed E-state index contributed by atoms with van der Waals surface area (Å²) in [5.74, 6) is -0.462. The van der Waals surface area contributed by atoms with Crippen LogP contribution in [0.25, 0.3) is 10.9 Å². The zero-order valence-electron chi connectivity index (χ0n) is 15.8. The minimum absolute atomic E-state index is 0.0839. The van der Waals surface area contributed by atoms with Crippen molar-refractivity contribution in [3.05, 3.63) is 36.0 Å². The molecule has 1 amide bonds. The van der Waals surface area contributed by atoms with Crippen LogP contribution < -0.4 is 5.32 Å². The van der Waals surface area contributed by atoms with Crippen LogP contribution >= 0.6 is 0 Å². The third kappa shape index (κ3) is 5.90. The van der Waals surface area contributed by atoms with Crippen molar-refractivity contribution < 1.29 is 14.3 Å². The van der Waals surface area contributed by atoms with E-state index in [0.717, 1.165) is 35.7 Å². The number of aromatic amines is 1. The molecule has 0 saturated carbocycles. The Morgan fingerprint density at radius 2 is 1.88 bits per heavy atom. The van der Waals surface area contributed by atoms with E-state index in [1.54, 1.807) is 6.92 Å². The van der Waals surface area contributed by atoms with Crippen molar-refractivity contribution in [3.8, 4) is 0 Å². The number of ether oxygens (including phenoxy) is 1. The van der Waals surface area contributed by atoms with Gasteiger partial charge in [-0.2, -0.15) is 0 Å². The fourth-order valence-corrected chi connectivity index (χ4v) is 3.11. The molecule has 0 saturated heterocycles. The first kappa shape index (κ1) is 20.0. The maximum Gasteiger partial charge on any atom is 0.328 e. The summed E-state index contributed by atoms with van der Waals surface area (Å²) in [6.45, 7) is 4.24. The molecule has 0 bridgehead atoms. The number of carbonyl (C=O) groups is 2. The Labute approximate surface area is 155 Å². The molecule has 1 aromatic carbocycles. The molecule has 0 radical (unpaired) electrons. The molecule has 0 aliphatic carbocycles. The van der Waals surface area contributed by atoms with Gasteiger partial charge < -0.3 is 15.0 Å². The van der Waals surface area contributed by atoms with Gasteiger partial charge in [0.05, 0.1) is 6.61 Å². The van der Waals surface area contributed by atoms with Crippen LogP contribution in [0.15, 0.2) is 30.5 Å². The first-order chi connectivity index (χ1) is 12.7. The van der Waals surface area contributed by atoms with Crippen molar-refractivity contribution in [2.45, 2.75) is 64.8 Å². The maximum absolute atomic E-state index is 12.3. The Balaban J connectivity index is 1.97. The zero-order valence-corrected chi connectivity index (χ0v) is 15.8. The summed E-state index contributed by atoms with van der Waals surface area (Å²) in [7, 11) is 0. The summed E-state index contributed by atoms with van der Waals surface area (Å²) in [6, 6.07) is 7.28. The lowest BCUT2D eigenvalue weighted by Gasteiger charge is -2.17. The Morgan fingerprint density at radius 3 is 2.65 bits per heavy atom. The van der Waals surface area contributed by atoms with Gasteiger partial charge in [0, 0.05) is 29.9 Å². The molecule has 26 heavy (non-hydrogen) atoms. The average molecular weight is 358 g/mol. The topological polar surface area (TPSA) is 71.2 Å². The molecule has 1 atom stereocenters. The molecule has 2 N–H and O–H groups in total. The van der Waals surface area contributed by atoms with E-state index in [2.05, 4.69) is 17.2 Å². The first-order valence-corrected chi connectivity index (χ1v) is 9.66. The second-order valence-corrected chi connectivity index (χ2v) is 6.60. The van der Waals surface area contributed by atoms with Crippen LogP contribution in [0.2, 0.25) is 0 Å². The molecule has 0 unspecified atom stereocenters. The molecular weight excluding hydrogens is 328 g/mol. The number of fused-ring (bicyclic) bond motifs is 1. The second kappa shape index (κ2) is 10.6. The highest BCUT2D eigenvalue weighted by molar-refractivity contribution is 5.87. The number of para-hydroxylation sites is 1. The van der Waals surface area contributed by atoms with Gasteiger partial charge in [-0.05, 0) is 25.0 Å². The SMILES string of the molecule is CCCCCCCC(=O)N[C@@H](Cc1c[nH]c2ccccc12)C(=O)OCC. The summed E-state index contributed by atoms with van der Waals surface area (Å²) in [5.41, 5.74) is 2.02. The van der Waals surface area contributed by atoms with Crippen LogP contribution in [-0.2, 0) is 20.7 Å². The predicted octanol–water partition coefficient (Wildman–Crippen LogP) is 4.12. The van der Waals surface area contributed by atoms with Gasteiger partial charge in [0.1, 0.15) is 6.04 Å². The number of hydrogen-bond donors (Lipinski definition) is 2. The first-order valence-electron chi connectivity index (χ1n) is 9.66. The molecule has 2 aromatic rings. The van der Waals surface area contributed by atoms with E-state index in [-0.39, 0.29) is 11.9 Å². The van der Waals surface area contributed by atoms with Crippen LogP contribution in [0.3, 0.4) is 0 Å². The standard InChI is InChI=1S/C21H30N2O3/c1-3-5-6-7-8-13-20(24)23-19(21(25)26-4-2)14-16-15-22-18-12-10-9-11-17(16)18/h9-12,15,19,22H,3-8,13-14H2,1-2H3,(H,23,24)/t19-/m0/s1. The van der Waals surface area contributed by atoms with Crippen molar-refractivity contribution >= 4 is 22.8 Å². The predicted molar refractivity (Wildman–Crippen MR) is 104 cm³/mol. The number of carbonyl (C=O) groups excluding carboxylic acids is 2. The normalized spacial score (nSPS) is 12.1. The minimum Gasteiger partial charge on any atom is -0.464 e. The number of H-pyrrole nitrogens is 1. The Hall–Kier alpha value is -2.30. The quantitative estimate of drug-likeness (QED) is 0.469. The van der Waals surface area contributed by atoms with Gasteiger partial charge in [0.25, 0.3) is 0 Å². The van der Waals surface area contributed by atoms with Crippen molar-refractivity contribution in [1.82, 2.24) is 10.3 Å². The van der Waals surface area contributed by atoms with Crippen molar-refractivity contribution in [2.75, 3.05) is 6.61 Å². The Bertz CT molecular complexity index is 708. The van der Waals surface area contributed by atoms with E-state index >= 15 is 0 Å². The summed E-state index contributed by atoms with van der Waals surface area (Å²) >= 11 is 0. The fourth-order valence-electron chi connectivity index (χ4n) is 3.11. The number of unbranched alkanes of at least 4 members (excludes halogenated alkanes) is 4. The molecule has 0 aliphatic rings. The van der Waals surface area contributed by atoms with Crippen molar-refractivity contribution in [2.24, 2.45) is 0 Å². The number of rotatable bonds is 11. The van der Waals surface area contributed by atoms with E-state index in [1.165, 1.54) is 12.8 Å². The van der Waals surface area contributed by atoms with Crippen molar-refractivity contribution in [1.29, 1.82) is 0 Å². The van der Waals surface area contributed by atoms with E-state index in [0.29, 0.717) is 19.4 Å². The largest absolute Gasteiger partial charge is 0.464 e. The highest BCUT2D eigenvalue weighted by Gasteiger charge is 2.23. The van der Waals surface area contributed by atoms with Crippen LogP contribution in [0, 0.1) is 0 Å². The van der Waals surface area contributed by atoms with Gasteiger partial charge in [-0.15, -0.1) is 0 Å². The maximum atomic E-state index is 12.3. The van der Waals surface area contributed by atoms with Crippen LogP contribution in [-0.4, -0.2) is 29.5 Å². The van der Waals surface area contributed by atoms with Crippen molar-refractivity contribution in [3.63, 3.8) is 0 Å². The second-order valence-electron chi connectivity index (χ2n) is 6.60. The van der Waals surface area contributed by atoms with Gasteiger partial charge in [0.2, 0.25) is 5.91 Å². The zero-order chi connectivity index (χ0) is 18.8. The number of hydrogen-bond acceptors (Lipinski definition) is 3. The molecule has 5 heteroatoms. The number of benzene rings is 1. The van der Waals surface area contributed by atoms with E-state index in [9.17, 15) is 9.59 Å². The lowest BCUT2D eigenvalue weighted by atomic mass is 10.0. The summed E-state index contributed by atoms with van der Waals surface area (Å²) in [6.07, 6.45) is 8.21. The van der Waals surface area contributed by atoms with Gasteiger partial charge in [-0.25, -0.2) is 4.79 Å². The van der Waals surface area contributed by atoms with E-state index < -0.39 is 6.04 Å². The summed E-state index contributed by atoms with van der Waals surface area (Å²) in [5, 5.41) is 3.93. The molecule has 0 spiro atoms. The smallest absolute Gasteiger partial charge is 0.328 e. The van der Waals surface area contributed by atoms with Crippen LogP contribution in [0.1, 0.15) is 57.9 Å². The molecule has 1 heterocycles. The van der Waals surface area contributed by atoms with E-state index in [4.69, 9.17) is 4.74 Å². The minimum atomic E-state index is -0.655.